The van der Waals surface area contributed by atoms with E-state index in [-0.39, 0.29) is 11.0 Å². The van der Waals surface area contributed by atoms with Crippen molar-refractivity contribution in [2.45, 2.75) is 173 Å². The van der Waals surface area contributed by atoms with E-state index in [1.165, 1.54) is 157 Å². The Kier molecular flexibility index (Phi) is 15.4. The van der Waals surface area contributed by atoms with Crippen LogP contribution in [-0.4, -0.2) is 0 Å². The minimum Gasteiger partial charge on any atom is -0.399 e. The second-order valence-electron chi connectivity index (χ2n) is 16.0. The van der Waals surface area contributed by atoms with Crippen molar-refractivity contribution in [2.75, 3.05) is 5.32 Å². The Morgan fingerprint density at radius 3 is 1.73 bits per heavy atom. The molecule has 3 aromatic rings. The molecule has 3 aromatic carbocycles. The van der Waals surface area contributed by atoms with Crippen LogP contribution in [0.25, 0.3) is 11.1 Å². The van der Waals surface area contributed by atoms with Crippen LogP contribution in [0.3, 0.4) is 0 Å². The van der Waals surface area contributed by atoms with Gasteiger partial charge in [0, 0.05) is 16.8 Å². The molecular weight excluding hydrogens is 617 g/mol. The van der Waals surface area contributed by atoms with Crippen LogP contribution in [0, 0.1) is 0 Å². The van der Waals surface area contributed by atoms with E-state index in [1.807, 2.05) is 0 Å². The van der Waals surface area contributed by atoms with Gasteiger partial charge in [-0.3, -0.25) is 0 Å². The zero-order chi connectivity index (χ0) is 35.8. The van der Waals surface area contributed by atoms with Crippen molar-refractivity contribution in [1.82, 2.24) is 0 Å². The van der Waals surface area contributed by atoms with Gasteiger partial charge in [-0.25, -0.2) is 0 Å². The van der Waals surface area contributed by atoms with E-state index < -0.39 is 0 Å². The molecule has 2 aliphatic carbocycles. The predicted octanol–water partition coefficient (Wildman–Crippen LogP) is 14.5. The Balaban J connectivity index is 1.49. The maximum Gasteiger partial charge on any atom is 0.0848 e. The SMILES string of the molecule is CCCCCCCCc1ccc2c(c1)C(CCCCCCCC)(CCCCCCCC)c1cc(NC3(c4ccccc4)C=CC(N)=CC3)ccc1-2. The first kappa shape index (κ1) is 39.0. The number of fused-ring (bicyclic) bond motifs is 3. The van der Waals surface area contributed by atoms with Crippen molar-refractivity contribution in [3.05, 3.63) is 113 Å². The predicted molar refractivity (Wildman–Crippen MR) is 223 cm³/mol. The van der Waals surface area contributed by atoms with Gasteiger partial charge < -0.3 is 11.1 Å². The fourth-order valence-electron chi connectivity index (χ4n) is 8.99. The molecule has 51 heavy (non-hydrogen) atoms. The van der Waals surface area contributed by atoms with Gasteiger partial charge in [0.15, 0.2) is 0 Å². The van der Waals surface area contributed by atoms with Gasteiger partial charge in [0.05, 0.1) is 5.54 Å². The van der Waals surface area contributed by atoms with Crippen LogP contribution in [0.15, 0.2) is 90.7 Å². The van der Waals surface area contributed by atoms with E-state index in [4.69, 9.17) is 5.73 Å². The van der Waals surface area contributed by atoms with Gasteiger partial charge in [-0.1, -0.05) is 197 Å². The van der Waals surface area contributed by atoms with E-state index >= 15 is 0 Å². The number of unbranched alkanes of at least 4 members (excludes halogenated alkanes) is 15. The normalized spacial score (nSPS) is 17.3. The topological polar surface area (TPSA) is 38.0 Å². The largest absolute Gasteiger partial charge is 0.399 e. The summed E-state index contributed by atoms with van der Waals surface area (Å²) in [6, 6.07) is 25.9. The molecule has 1 atom stereocenters. The van der Waals surface area contributed by atoms with Gasteiger partial charge in [0.1, 0.15) is 0 Å². The molecule has 5 rings (SSSR count). The lowest BCUT2D eigenvalue weighted by Crippen LogP contribution is -2.35. The van der Waals surface area contributed by atoms with Crippen LogP contribution in [-0.2, 0) is 17.4 Å². The third-order valence-corrected chi connectivity index (χ3v) is 12.0. The number of allylic oxidation sites excluding steroid dienone is 1. The van der Waals surface area contributed by atoms with Crippen LogP contribution in [0.1, 0.15) is 178 Å². The molecule has 0 bridgehead atoms. The maximum atomic E-state index is 6.27. The molecule has 0 amide bonds. The van der Waals surface area contributed by atoms with Gasteiger partial charge in [0.25, 0.3) is 0 Å². The number of nitrogens with two attached hydrogens (primary N) is 1. The fraction of sp³-hybridized carbons (Fsp3) is 0.551. The molecule has 0 spiro atoms. The van der Waals surface area contributed by atoms with Gasteiger partial charge in [-0.15, -0.1) is 0 Å². The van der Waals surface area contributed by atoms with Crippen LogP contribution in [0.2, 0.25) is 0 Å². The first-order valence-corrected chi connectivity index (χ1v) is 21.3. The summed E-state index contributed by atoms with van der Waals surface area (Å²) in [6.45, 7) is 6.96. The molecule has 0 saturated carbocycles. The average Bonchev–Trinajstić information content (AvgIpc) is 3.42. The molecule has 0 heterocycles. The standard InChI is InChI=1S/C49H70N2/c1-4-7-10-13-16-20-25-40-28-30-44-45-31-29-43(51-49(36-32-42(50)33-37-49)41-26-21-19-22-27-41)39-47(45)48(46(44)38-40,34-23-17-14-11-8-5-2)35-24-18-15-12-9-6-3/h19,21-22,26-33,36,38-39,51H,4-18,20,23-25,34-35,37,50H2,1-3H3. The Labute approximate surface area is 312 Å². The molecule has 0 radical (unpaired) electrons. The van der Waals surface area contributed by atoms with Crippen LogP contribution >= 0.6 is 0 Å². The lowest BCUT2D eigenvalue weighted by molar-refractivity contribution is 0.397. The quantitative estimate of drug-likeness (QED) is 0.0921. The van der Waals surface area contributed by atoms with E-state index in [0.717, 1.165) is 12.1 Å². The molecule has 0 aliphatic heterocycles. The van der Waals surface area contributed by atoms with Crippen molar-refractivity contribution in [3.63, 3.8) is 0 Å². The summed E-state index contributed by atoms with van der Waals surface area (Å²) in [4.78, 5) is 0. The summed E-state index contributed by atoms with van der Waals surface area (Å²) in [7, 11) is 0. The third-order valence-electron chi connectivity index (χ3n) is 12.0. The van der Waals surface area contributed by atoms with Gasteiger partial charge in [-0.2, -0.15) is 0 Å². The van der Waals surface area contributed by atoms with Crippen molar-refractivity contribution < 1.29 is 0 Å². The van der Waals surface area contributed by atoms with E-state index in [2.05, 4.69) is 111 Å². The summed E-state index contributed by atoms with van der Waals surface area (Å²) in [5.74, 6) is 0. The number of rotatable bonds is 24. The van der Waals surface area contributed by atoms with Crippen LogP contribution < -0.4 is 11.1 Å². The lowest BCUT2D eigenvalue weighted by atomic mass is 9.70. The third kappa shape index (κ3) is 10.2. The fourth-order valence-corrected chi connectivity index (χ4v) is 8.99. The molecule has 0 saturated heterocycles. The number of benzene rings is 3. The molecular formula is C49H70N2. The Morgan fingerprint density at radius 2 is 1.14 bits per heavy atom. The second kappa shape index (κ2) is 20.1. The van der Waals surface area contributed by atoms with E-state index in [9.17, 15) is 0 Å². The monoisotopic (exact) mass is 687 g/mol. The Hall–Kier alpha value is -3.26. The number of nitrogens with one attached hydrogen (secondary N) is 1. The highest BCUT2D eigenvalue weighted by Crippen LogP contribution is 2.55. The Bertz CT molecular complexity index is 1520. The lowest BCUT2D eigenvalue weighted by Gasteiger charge is -2.36. The molecule has 1 unspecified atom stereocenters. The summed E-state index contributed by atoms with van der Waals surface area (Å²) in [5, 5.41) is 4.08. The highest BCUT2D eigenvalue weighted by Gasteiger charge is 2.43. The minimum atomic E-state index is -0.324. The van der Waals surface area contributed by atoms with E-state index in [1.54, 1.807) is 16.7 Å². The summed E-state index contributed by atoms with van der Waals surface area (Å²) in [6.07, 6.45) is 35.3. The first-order valence-electron chi connectivity index (χ1n) is 21.3. The molecule has 2 aliphatic rings. The van der Waals surface area contributed by atoms with Crippen molar-refractivity contribution >= 4 is 5.69 Å². The van der Waals surface area contributed by atoms with Gasteiger partial charge >= 0.3 is 0 Å². The van der Waals surface area contributed by atoms with Crippen molar-refractivity contribution in [1.29, 1.82) is 0 Å². The highest BCUT2D eigenvalue weighted by atomic mass is 15.0. The van der Waals surface area contributed by atoms with Crippen LogP contribution in [0.5, 0.6) is 0 Å². The maximum absolute atomic E-state index is 6.27. The molecule has 0 aromatic heterocycles. The summed E-state index contributed by atoms with van der Waals surface area (Å²) >= 11 is 0. The van der Waals surface area contributed by atoms with Crippen LogP contribution in [0.4, 0.5) is 5.69 Å². The molecule has 2 heteroatoms. The highest BCUT2D eigenvalue weighted by molar-refractivity contribution is 5.83. The minimum absolute atomic E-state index is 0.0711. The first-order chi connectivity index (χ1) is 25.0. The number of anilines is 1. The van der Waals surface area contributed by atoms with Gasteiger partial charge in [0.2, 0.25) is 0 Å². The molecule has 3 N–H and O–H groups in total. The smallest absolute Gasteiger partial charge is 0.0848 e. The zero-order valence-electron chi connectivity index (χ0n) is 32.7. The summed E-state index contributed by atoms with van der Waals surface area (Å²) < 4.78 is 0. The molecule has 0 fully saturated rings. The number of hydrogen-bond donors (Lipinski definition) is 2. The second-order valence-corrected chi connectivity index (χ2v) is 16.0. The average molecular weight is 687 g/mol. The van der Waals surface area contributed by atoms with E-state index in [0.29, 0.717) is 0 Å². The van der Waals surface area contributed by atoms with Gasteiger partial charge in [-0.05, 0) is 83.7 Å². The van der Waals surface area contributed by atoms with Crippen molar-refractivity contribution in [3.8, 4) is 11.1 Å². The number of hydrogen-bond acceptors (Lipinski definition) is 2. The summed E-state index contributed by atoms with van der Waals surface area (Å²) in [5.41, 5.74) is 17.1. The zero-order valence-corrected chi connectivity index (χ0v) is 32.7. The molecule has 276 valence electrons. The van der Waals surface area contributed by atoms with Crippen molar-refractivity contribution in [2.24, 2.45) is 5.73 Å². The Morgan fingerprint density at radius 1 is 0.588 bits per heavy atom. The number of aryl methyl sites for hydroxylation is 1. The molecule has 2 nitrogen and oxygen atoms in total.